The third-order valence-corrected chi connectivity index (χ3v) is 5.68. The van der Waals surface area contributed by atoms with Crippen molar-refractivity contribution in [1.29, 1.82) is 0 Å². The number of aromatic nitrogens is 1. The number of aliphatic hydroxyl groups is 1. The fraction of sp³-hybridized carbons (Fsp3) is 0.550. The van der Waals surface area contributed by atoms with Crippen LogP contribution in [0.4, 0.5) is 0 Å². The minimum atomic E-state index is -0.768. The van der Waals surface area contributed by atoms with Crippen molar-refractivity contribution in [3.05, 3.63) is 30.5 Å². The molecule has 2 aliphatic rings. The van der Waals surface area contributed by atoms with Crippen molar-refractivity contribution in [1.82, 2.24) is 14.8 Å². The van der Waals surface area contributed by atoms with Crippen LogP contribution in [0.25, 0.3) is 10.9 Å². The second kappa shape index (κ2) is 6.93. The van der Waals surface area contributed by atoms with E-state index in [4.69, 9.17) is 4.74 Å². The molecule has 2 aromatic rings. The second-order valence-corrected chi connectivity index (χ2v) is 7.70. The standard InChI is InChI=1S/C20H27N3O3/c1-15(24)23-12-8-20(25,14-23)13-22-10-6-16(7-11-22)26-19-4-2-3-18-17(19)5-9-21-18/h2-5,9,16,21,25H,6-8,10-14H2,1H3. The normalized spacial score (nSPS) is 25.1. The van der Waals surface area contributed by atoms with Crippen molar-refractivity contribution in [2.75, 3.05) is 32.7 Å². The van der Waals surface area contributed by atoms with Crippen LogP contribution < -0.4 is 4.74 Å². The number of hydrogen-bond acceptors (Lipinski definition) is 4. The molecule has 1 atom stereocenters. The highest BCUT2D eigenvalue weighted by molar-refractivity contribution is 5.85. The fourth-order valence-corrected chi connectivity index (χ4v) is 4.19. The largest absolute Gasteiger partial charge is 0.490 e. The van der Waals surface area contributed by atoms with Gasteiger partial charge in [-0.2, -0.15) is 0 Å². The summed E-state index contributed by atoms with van der Waals surface area (Å²) in [6, 6.07) is 8.15. The van der Waals surface area contributed by atoms with Crippen LogP contribution in [0.2, 0.25) is 0 Å². The van der Waals surface area contributed by atoms with Crippen LogP contribution in [0.1, 0.15) is 26.2 Å². The Morgan fingerprint density at radius 3 is 2.85 bits per heavy atom. The van der Waals surface area contributed by atoms with Crippen LogP contribution >= 0.6 is 0 Å². The third-order valence-electron chi connectivity index (χ3n) is 5.68. The average molecular weight is 357 g/mol. The lowest BCUT2D eigenvalue weighted by molar-refractivity contribution is -0.129. The van der Waals surface area contributed by atoms with Crippen molar-refractivity contribution in [3.63, 3.8) is 0 Å². The van der Waals surface area contributed by atoms with E-state index in [0.717, 1.165) is 42.6 Å². The molecule has 0 saturated carbocycles. The molecule has 140 valence electrons. The van der Waals surface area contributed by atoms with Gasteiger partial charge in [-0.3, -0.25) is 4.79 Å². The first kappa shape index (κ1) is 17.4. The Hall–Kier alpha value is -2.05. The predicted molar refractivity (Wildman–Crippen MR) is 100 cm³/mol. The Kier molecular flexibility index (Phi) is 4.63. The van der Waals surface area contributed by atoms with Gasteiger partial charge in [-0.15, -0.1) is 0 Å². The van der Waals surface area contributed by atoms with Crippen LogP contribution in [0.3, 0.4) is 0 Å². The SMILES string of the molecule is CC(=O)N1CCC(O)(CN2CCC(Oc3cccc4[nH]ccc34)CC2)C1. The molecule has 2 N–H and O–H groups in total. The Balaban J connectivity index is 1.30. The van der Waals surface area contributed by atoms with Crippen molar-refractivity contribution < 1.29 is 14.6 Å². The van der Waals surface area contributed by atoms with Crippen molar-refractivity contribution in [2.24, 2.45) is 0 Å². The molecule has 1 unspecified atom stereocenters. The maximum Gasteiger partial charge on any atom is 0.219 e. The summed E-state index contributed by atoms with van der Waals surface area (Å²) in [5.74, 6) is 0.987. The number of rotatable bonds is 4. The predicted octanol–water partition coefficient (Wildman–Crippen LogP) is 1.99. The first-order valence-electron chi connectivity index (χ1n) is 9.45. The van der Waals surface area contributed by atoms with Crippen LogP contribution in [0, 0.1) is 0 Å². The lowest BCUT2D eigenvalue weighted by atomic mass is 10.00. The lowest BCUT2D eigenvalue weighted by Gasteiger charge is -2.36. The van der Waals surface area contributed by atoms with E-state index in [0.29, 0.717) is 26.1 Å². The maximum absolute atomic E-state index is 11.5. The molecule has 1 amide bonds. The van der Waals surface area contributed by atoms with Gasteiger partial charge in [0, 0.05) is 50.2 Å². The van der Waals surface area contributed by atoms with Crippen molar-refractivity contribution in [2.45, 2.75) is 37.9 Å². The van der Waals surface area contributed by atoms with Gasteiger partial charge < -0.3 is 24.6 Å². The summed E-state index contributed by atoms with van der Waals surface area (Å²) in [5, 5.41) is 11.9. The number of piperidine rings is 1. The van der Waals surface area contributed by atoms with Crippen LogP contribution in [0.5, 0.6) is 5.75 Å². The highest BCUT2D eigenvalue weighted by Crippen LogP contribution is 2.29. The van der Waals surface area contributed by atoms with Gasteiger partial charge >= 0.3 is 0 Å². The van der Waals surface area contributed by atoms with Crippen molar-refractivity contribution >= 4 is 16.8 Å². The van der Waals surface area contributed by atoms with E-state index in [2.05, 4.69) is 22.0 Å². The zero-order valence-corrected chi connectivity index (χ0v) is 15.3. The number of nitrogens with zero attached hydrogens (tertiary/aromatic N) is 2. The van der Waals surface area contributed by atoms with Gasteiger partial charge in [0.1, 0.15) is 11.9 Å². The maximum atomic E-state index is 11.5. The van der Waals surface area contributed by atoms with E-state index in [1.54, 1.807) is 11.8 Å². The number of ether oxygens (including phenoxy) is 1. The number of carbonyl (C=O) groups excluding carboxylic acids is 1. The summed E-state index contributed by atoms with van der Waals surface area (Å²) in [6.45, 7) is 5.14. The molecule has 0 spiro atoms. The van der Waals surface area contributed by atoms with Crippen LogP contribution in [0.15, 0.2) is 30.5 Å². The number of β-amino-alcohol motifs (C(OH)–C–C–N with tert-alkyl or cyclic N) is 1. The second-order valence-electron chi connectivity index (χ2n) is 7.70. The molecule has 2 aliphatic heterocycles. The lowest BCUT2D eigenvalue weighted by Crippen LogP contribution is -2.49. The number of hydrogen-bond donors (Lipinski definition) is 2. The summed E-state index contributed by atoms with van der Waals surface area (Å²) < 4.78 is 6.26. The first-order valence-corrected chi connectivity index (χ1v) is 9.45. The molecule has 1 aromatic heterocycles. The van der Waals surface area contributed by atoms with Gasteiger partial charge in [0.15, 0.2) is 0 Å². The summed E-state index contributed by atoms with van der Waals surface area (Å²) in [7, 11) is 0. The third kappa shape index (κ3) is 3.57. The highest BCUT2D eigenvalue weighted by Gasteiger charge is 2.39. The monoisotopic (exact) mass is 357 g/mol. The summed E-state index contributed by atoms with van der Waals surface area (Å²) in [5.41, 5.74) is 0.328. The molecule has 1 aromatic carbocycles. The Morgan fingerprint density at radius 2 is 2.12 bits per heavy atom. The molecule has 6 nitrogen and oxygen atoms in total. The topological polar surface area (TPSA) is 68.8 Å². The summed E-state index contributed by atoms with van der Waals surface area (Å²) in [4.78, 5) is 18.8. The smallest absolute Gasteiger partial charge is 0.219 e. The first-order chi connectivity index (χ1) is 12.5. The molecule has 0 bridgehead atoms. The van der Waals surface area contributed by atoms with E-state index in [-0.39, 0.29) is 12.0 Å². The molecular formula is C20H27N3O3. The molecule has 26 heavy (non-hydrogen) atoms. The Bertz CT molecular complexity index is 781. The zero-order valence-electron chi connectivity index (χ0n) is 15.3. The molecule has 3 heterocycles. The Morgan fingerprint density at radius 1 is 1.31 bits per heavy atom. The van der Waals surface area contributed by atoms with E-state index >= 15 is 0 Å². The zero-order chi connectivity index (χ0) is 18.1. The number of H-pyrrole nitrogens is 1. The minimum Gasteiger partial charge on any atom is -0.490 e. The molecule has 4 rings (SSSR count). The van der Waals surface area contributed by atoms with Crippen LogP contribution in [-0.2, 0) is 4.79 Å². The average Bonchev–Trinajstić information content (AvgIpc) is 3.24. The molecule has 0 aliphatic carbocycles. The number of likely N-dealkylation sites (tertiary alicyclic amines) is 2. The number of amides is 1. The van der Waals surface area contributed by atoms with E-state index < -0.39 is 5.60 Å². The van der Waals surface area contributed by atoms with Gasteiger partial charge in [-0.25, -0.2) is 0 Å². The molecule has 6 heteroatoms. The number of aromatic amines is 1. The van der Waals surface area contributed by atoms with E-state index in [9.17, 15) is 9.90 Å². The number of nitrogens with one attached hydrogen (secondary N) is 1. The molecule has 2 fully saturated rings. The summed E-state index contributed by atoms with van der Waals surface area (Å²) >= 11 is 0. The fourth-order valence-electron chi connectivity index (χ4n) is 4.19. The van der Waals surface area contributed by atoms with Gasteiger partial charge in [-0.05, 0) is 37.5 Å². The van der Waals surface area contributed by atoms with Gasteiger partial charge in [0.25, 0.3) is 0 Å². The van der Waals surface area contributed by atoms with Crippen molar-refractivity contribution in [3.8, 4) is 5.75 Å². The quantitative estimate of drug-likeness (QED) is 0.878. The molecular weight excluding hydrogens is 330 g/mol. The van der Waals surface area contributed by atoms with Crippen LogP contribution in [-0.4, -0.2) is 70.2 Å². The summed E-state index contributed by atoms with van der Waals surface area (Å²) in [6.07, 6.45) is 4.71. The van der Waals surface area contributed by atoms with Gasteiger partial charge in [0.2, 0.25) is 5.91 Å². The minimum absolute atomic E-state index is 0.0481. The van der Waals surface area contributed by atoms with Gasteiger partial charge in [-0.1, -0.05) is 6.07 Å². The highest BCUT2D eigenvalue weighted by atomic mass is 16.5. The molecule has 0 radical (unpaired) electrons. The Labute approximate surface area is 153 Å². The number of fused-ring (bicyclic) bond motifs is 1. The number of carbonyl (C=O) groups is 1. The van der Waals surface area contributed by atoms with E-state index in [1.165, 1.54) is 0 Å². The van der Waals surface area contributed by atoms with E-state index in [1.807, 2.05) is 18.3 Å². The number of benzene rings is 1. The molecule has 2 saturated heterocycles. The van der Waals surface area contributed by atoms with Gasteiger partial charge in [0.05, 0.1) is 12.1 Å².